The van der Waals surface area contributed by atoms with Gasteiger partial charge in [0.25, 0.3) is 0 Å². The Kier molecular flexibility index (Phi) is 3.92. The van der Waals surface area contributed by atoms with Crippen LogP contribution in [0.25, 0.3) is 0 Å². The van der Waals surface area contributed by atoms with Crippen LogP contribution in [-0.2, 0) is 29.4 Å². The molecule has 6 heteroatoms. The lowest BCUT2D eigenvalue weighted by atomic mass is 10.2. The zero-order valence-electron chi connectivity index (χ0n) is 10.7. The van der Waals surface area contributed by atoms with E-state index in [0.717, 1.165) is 12.2 Å². The Morgan fingerprint density at radius 3 is 2.42 bits per heavy atom. The first-order chi connectivity index (χ1) is 8.94. The molecule has 0 aliphatic rings. The smallest absolute Gasteiger partial charge is 0.213 e. The summed E-state index contributed by atoms with van der Waals surface area (Å²) in [6, 6.07) is 11.3. The molecule has 3 N–H and O–H groups in total. The van der Waals surface area contributed by atoms with E-state index in [-0.39, 0.29) is 5.75 Å². The fourth-order valence-electron chi connectivity index (χ4n) is 1.82. The molecule has 2 rings (SSSR count). The highest BCUT2D eigenvalue weighted by atomic mass is 32.2. The Bertz CT molecular complexity index is 645. The molecule has 0 aliphatic heterocycles. The molecule has 0 unspecified atom stereocenters. The Morgan fingerprint density at radius 1 is 1.21 bits per heavy atom. The maximum Gasteiger partial charge on any atom is 0.213 e. The minimum absolute atomic E-state index is 0.134. The Labute approximate surface area is 113 Å². The average Bonchev–Trinajstić information content (AvgIpc) is 2.72. The van der Waals surface area contributed by atoms with E-state index in [2.05, 4.69) is 5.32 Å². The summed E-state index contributed by atoms with van der Waals surface area (Å²) >= 11 is 0. The molecular formula is C13H17N3O2S. The van der Waals surface area contributed by atoms with Crippen molar-refractivity contribution in [3.05, 3.63) is 53.9 Å². The molecule has 0 radical (unpaired) electrons. The molecular weight excluding hydrogens is 262 g/mol. The Hall–Kier alpha value is -1.79. The quantitative estimate of drug-likeness (QED) is 0.869. The molecule has 0 amide bonds. The molecule has 0 saturated carbocycles. The SMILES string of the molecule is Cn1cccc1CNc1ccc(CS(N)(=O)=O)cc1. The molecule has 1 aromatic heterocycles. The van der Waals surface area contributed by atoms with Gasteiger partial charge in [-0.15, -0.1) is 0 Å². The second kappa shape index (κ2) is 5.46. The number of anilines is 1. The van der Waals surface area contributed by atoms with Crippen molar-refractivity contribution < 1.29 is 8.42 Å². The second-order valence-corrected chi connectivity index (χ2v) is 6.08. The third-order valence-corrected chi connectivity index (χ3v) is 3.58. The minimum atomic E-state index is -3.47. The number of primary sulfonamides is 1. The van der Waals surface area contributed by atoms with Crippen LogP contribution in [0.4, 0.5) is 5.69 Å². The van der Waals surface area contributed by atoms with Crippen LogP contribution in [0, 0.1) is 0 Å². The molecule has 0 bridgehead atoms. The predicted octanol–water partition coefficient (Wildman–Crippen LogP) is 1.43. The monoisotopic (exact) mass is 279 g/mol. The average molecular weight is 279 g/mol. The number of nitrogens with one attached hydrogen (secondary N) is 1. The number of hydrogen-bond donors (Lipinski definition) is 2. The van der Waals surface area contributed by atoms with Gasteiger partial charge in [-0.05, 0) is 29.8 Å². The van der Waals surface area contributed by atoms with Gasteiger partial charge in [0.2, 0.25) is 10.0 Å². The molecule has 19 heavy (non-hydrogen) atoms. The second-order valence-electron chi connectivity index (χ2n) is 4.47. The van der Waals surface area contributed by atoms with Gasteiger partial charge in [0.05, 0.1) is 12.3 Å². The maximum absolute atomic E-state index is 11.0. The number of benzene rings is 1. The van der Waals surface area contributed by atoms with Gasteiger partial charge in [0, 0.05) is 24.6 Å². The number of aromatic nitrogens is 1. The van der Waals surface area contributed by atoms with E-state index < -0.39 is 10.0 Å². The van der Waals surface area contributed by atoms with Crippen LogP contribution in [-0.4, -0.2) is 13.0 Å². The summed E-state index contributed by atoms with van der Waals surface area (Å²) in [5.41, 5.74) is 2.81. The molecule has 0 atom stereocenters. The fraction of sp³-hybridized carbons (Fsp3) is 0.231. The van der Waals surface area contributed by atoms with Crippen LogP contribution in [0.5, 0.6) is 0 Å². The third kappa shape index (κ3) is 4.11. The van der Waals surface area contributed by atoms with Gasteiger partial charge < -0.3 is 9.88 Å². The summed E-state index contributed by atoms with van der Waals surface area (Å²) in [6.45, 7) is 0.720. The van der Waals surface area contributed by atoms with Crippen molar-refractivity contribution in [2.75, 3.05) is 5.32 Å². The van der Waals surface area contributed by atoms with Gasteiger partial charge >= 0.3 is 0 Å². The van der Waals surface area contributed by atoms with Crippen LogP contribution in [0.15, 0.2) is 42.6 Å². The highest BCUT2D eigenvalue weighted by Gasteiger charge is 2.04. The van der Waals surface area contributed by atoms with Crippen LogP contribution in [0.2, 0.25) is 0 Å². The number of rotatable bonds is 5. The van der Waals surface area contributed by atoms with E-state index in [0.29, 0.717) is 5.56 Å². The van der Waals surface area contributed by atoms with Crippen LogP contribution >= 0.6 is 0 Å². The van der Waals surface area contributed by atoms with Gasteiger partial charge in [-0.1, -0.05) is 12.1 Å². The molecule has 1 heterocycles. The molecule has 1 aromatic carbocycles. The molecule has 2 aromatic rings. The van der Waals surface area contributed by atoms with Crippen molar-refractivity contribution >= 4 is 15.7 Å². The van der Waals surface area contributed by atoms with Crippen molar-refractivity contribution in [2.24, 2.45) is 12.2 Å². The first-order valence-corrected chi connectivity index (χ1v) is 7.59. The maximum atomic E-state index is 11.0. The third-order valence-electron chi connectivity index (χ3n) is 2.85. The van der Waals surface area contributed by atoms with E-state index >= 15 is 0 Å². The number of hydrogen-bond acceptors (Lipinski definition) is 3. The molecule has 102 valence electrons. The van der Waals surface area contributed by atoms with Crippen LogP contribution in [0.1, 0.15) is 11.3 Å². The van der Waals surface area contributed by atoms with Gasteiger partial charge in [-0.25, -0.2) is 13.6 Å². The molecule has 0 fully saturated rings. The highest BCUT2D eigenvalue weighted by Crippen LogP contribution is 2.12. The van der Waals surface area contributed by atoms with Crippen molar-refractivity contribution in [1.29, 1.82) is 0 Å². The van der Waals surface area contributed by atoms with Gasteiger partial charge in [0.1, 0.15) is 0 Å². The first-order valence-electron chi connectivity index (χ1n) is 5.87. The summed E-state index contributed by atoms with van der Waals surface area (Å²) in [7, 11) is -1.47. The standard InChI is InChI=1S/C13H17N3O2S/c1-16-8-2-3-13(16)9-15-12-6-4-11(5-7-12)10-19(14,17)18/h2-8,15H,9-10H2,1H3,(H2,14,17,18). The summed E-state index contributed by atoms with van der Waals surface area (Å²) in [6.07, 6.45) is 1.99. The predicted molar refractivity (Wildman–Crippen MR) is 76.0 cm³/mol. The summed E-state index contributed by atoms with van der Waals surface area (Å²) in [5, 5.41) is 8.28. The highest BCUT2D eigenvalue weighted by molar-refractivity contribution is 7.88. The number of sulfonamides is 1. The van der Waals surface area contributed by atoms with E-state index in [1.165, 1.54) is 5.69 Å². The largest absolute Gasteiger partial charge is 0.379 e. The van der Waals surface area contributed by atoms with E-state index in [1.54, 1.807) is 12.1 Å². The van der Waals surface area contributed by atoms with Crippen LogP contribution in [0.3, 0.4) is 0 Å². The summed E-state index contributed by atoms with van der Waals surface area (Å²) < 4.78 is 24.0. The van der Waals surface area contributed by atoms with Crippen molar-refractivity contribution in [2.45, 2.75) is 12.3 Å². The van der Waals surface area contributed by atoms with E-state index in [4.69, 9.17) is 5.14 Å². The van der Waals surface area contributed by atoms with Crippen molar-refractivity contribution in [3.8, 4) is 0 Å². The fourth-order valence-corrected chi connectivity index (χ4v) is 2.48. The first kappa shape index (κ1) is 13.6. The number of aryl methyl sites for hydroxylation is 1. The minimum Gasteiger partial charge on any atom is -0.379 e. The molecule has 0 spiro atoms. The van der Waals surface area contributed by atoms with E-state index in [9.17, 15) is 8.42 Å². The summed E-state index contributed by atoms with van der Waals surface area (Å²) in [4.78, 5) is 0. The normalized spacial score (nSPS) is 11.5. The lowest BCUT2D eigenvalue weighted by molar-refractivity contribution is 0.597. The van der Waals surface area contributed by atoms with Crippen molar-refractivity contribution in [3.63, 3.8) is 0 Å². The van der Waals surface area contributed by atoms with Crippen LogP contribution < -0.4 is 10.5 Å². The topological polar surface area (TPSA) is 77.1 Å². The van der Waals surface area contributed by atoms with Crippen molar-refractivity contribution in [1.82, 2.24) is 4.57 Å². The number of nitrogens with zero attached hydrogens (tertiary/aromatic N) is 1. The Balaban J connectivity index is 1.97. The van der Waals surface area contributed by atoms with Gasteiger partial charge in [0.15, 0.2) is 0 Å². The van der Waals surface area contributed by atoms with Gasteiger partial charge in [-0.3, -0.25) is 0 Å². The summed E-state index contributed by atoms with van der Waals surface area (Å²) in [5.74, 6) is -0.134. The lowest BCUT2D eigenvalue weighted by Crippen LogP contribution is -2.14. The van der Waals surface area contributed by atoms with Gasteiger partial charge in [-0.2, -0.15) is 0 Å². The zero-order valence-corrected chi connectivity index (χ0v) is 11.5. The molecule has 0 saturated heterocycles. The number of nitrogens with two attached hydrogens (primary N) is 1. The zero-order chi connectivity index (χ0) is 13.9. The lowest BCUT2D eigenvalue weighted by Gasteiger charge is -2.08. The van der Waals surface area contributed by atoms with E-state index in [1.807, 2.05) is 42.1 Å². The molecule has 0 aliphatic carbocycles. The molecule has 5 nitrogen and oxygen atoms in total. The Morgan fingerprint density at radius 2 is 1.89 bits per heavy atom.